The van der Waals surface area contributed by atoms with E-state index in [1.54, 1.807) is 0 Å². The van der Waals surface area contributed by atoms with Gasteiger partial charge < -0.3 is 10.6 Å². The summed E-state index contributed by atoms with van der Waals surface area (Å²) in [6.07, 6.45) is 2.34. The molecule has 1 aromatic rings. The fraction of sp³-hybridized carbons (Fsp3) is 0.625. The maximum atomic E-state index is 6.36. The molecule has 0 saturated carbocycles. The lowest BCUT2D eigenvalue weighted by Crippen LogP contribution is -2.46. The minimum Gasteiger partial charge on any atom is -0.329 e. The van der Waals surface area contributed by atoms with Gasteiger partial charge in [0.1, 0.15) is 0 Å². The van der Waals surface area contributed by atoms with Gasteiger partial charge in [-0.15, -0.1) is 0 Å². The predicted octanol–water partition coefficient (Wildman–Crippen LogP) is 3.41. The predicted molar refractivity (Wildman–Crippen MR) is 91.2 cm³/mol. The second-order valence-corrected chi connectivity index (χ2v) is 6.53. The van der Waals surface area contributed by atoms with Crippen molar-refractivity contribution in [3.05, 3.63) is 33.8 Å². The van der Waals surface area contributed by atoms with Crippen LogP contribution in [0.2, 0.25) is 10.0 Å². The fourth-order valence-corrected chi connectivity index (χ4v) is 3.86. The Morgan fingerprint density at radius 3 is 2.33 bits per heavy atom. The van der Waals surface area contributed by atoms with Gasteiger partial charge in [0.15, 0.2) is 0 Å². The number of nitrogens with two attached hydrogens (primary N) is 1. The number of halogens is 2. The molecule has 0 aromatic heterocycles. The van der Waals surface area contributed by atoms with Gasteiger partial charge in [0.25, 0.3) is 0 Å². The van der Waals surface area contributed by atoms with E-state index in [0.29, 0.717) is 22.6 Å². The normalized spacial score (nSPS) is 19.1. The van der Waals surface area contributed by atoms with Crippen molar-refractivity contribution in [2.45, 2.75) is 31.8 Å². The first kappa shape index (κ1) is 17.0. The Labute approximate surface area is 138 Å². The van der Waals surface area contributed by atoms with Gasteiger partial charge in [0.2, 0.25) is 0 Å². The molecule has 2 N–H and O–H groups in total. The van der Waals surface area contributed by atoms with Crippen LogP contribution in [0.15, 0.2) is 18.2 Å². The van der Waals surface area contributed by atoms with Crippen LogP contribution in [0.1, 0.15) is 31.4 Å². The quantitative estimate of drug-likeness (QED) is 0.898. The van der Waals surface area contributed by atoms with E-state index in [9.17, 15) is 0 Å². The number of likely N-dealkylation sites (tertiary alicyclic amines) is 1. The Morgan fingerprint density at radius 1 is 1.29 bits per heavy atom. The van der Waals surface area contributed by atoms with Gasteiger partial charge in [-0.3, -0.25) is 4.90 Å². The van der Waals surface area contributed by atoms with Crippen LogP contribution in [0.4, 0.5) is 0 Å². The van der Waals surface area contributed by atoms with Gasteiger partial charge in [-0.1, -0.05) is 36.2 Å². The molecule has 0 aliphatic carbocycles. The summed E-state index contributed by atoms with van der Waals surface area (Å²) < 4.78 is 0. The lowest BCUT2D eigenvalue weighted by atomic mass is 9.98. The molecule has 1 heterocycles. The molecule has 1 fully saturated rings. The summed E-state index contributed by atoms with van der Waals surface area (Å²) >= 11 is 12.7. The van der Waals surface area contributed by atoms with Crippen molar-refractivity contribution in [2.24, 2.45) is 5.73 Å². The van der Waals surface area contributed by atoms with Crippen molar-refractivity contribution in [3.8, 4) is 0 Å². The van der Waals surface area contributed by atoms with E-state index < -0.39 is 0 Å². The van der Waals surface area contributed by atoms with E-state index in [0.717, 1.165) is 25.2 Å². The summed E-state index contributed by atoms with van der Waals surface area (Å²) in [5, 5.41) is 1.41. The first-order valence-electron chi connectivity index (χ1n) is 7.66. The van der Waals surface area contributed by atoms with Crippen molar-refractivity contribution in [3.63, 3.8) is 0 Å². The molecule has 0 amide bonds. The number of benzene rings is 1. The molecule has 118 valence electrons. The first-order valence-corrected chi connectivity index (χ1v) is 8.42. The van der Waals surface area contributed by atoms with Crippen LogP contribution in [0.25, 0.3) is 0 Å². The zero-order valence-electron chi connectivity index (χ0n) is 12.9. The van der Waals surface area contributed by atoms with Crippen molar-refractivity contribution in [2.75, 3.05) is 33.2 Å². The number of rotatable bonds is 5. The molecule has 2 rings (SSSR count). The van der Waals surface area contributed by atoms with Crippen molar-refractivity contribution in [1.29, 1.82) is 0 Å². The van der Waals surface area contributed by atoms with Crippen molar-refractivity contribution >= 4 is 23.2 Å². The number of hydrogen-bond acceptors (Lipinski definition) is 3. The Morgan fingerprint density at radius 2 is 1.86 bits per heavy atom. The molecule has 1 aliphatic rings. The molecule has 0 bridgehead atoms. The maximum absolute atomic E-state index is 6.36. The van der Waals surface area contributed by atoms with Gasteiger partial charge in [0.05, 0.1) is 0 Å². The Bertz CT molecular complexity index is 439. The van der Waals surface area contributed by atoms with Crippen molar-refractivity contribution in [1.82, 2.24) is 9.80 Å². The number of hydrogen-bond donors (Lipinski definition) is 1. The average molecular weight is 330 g/mol. The lowest BCUT2D eigenvalue weighted by molar-refractivity contribution is 0.101. The van der Waals surface area contributed by atoms with E-state index in [1.165, 1.54) is 12.8 Å². The van der Waals surface area contributed by atoms with Crippen molar-refractivity contribution < 1.29 is 0 Å². The van der Waals surface area contributed by atoms with Gasteiger partial charge in [-0.25, -0.2) is 0 Å². The summed E-state index contributed by atoms with van der Waals surface area (Å²) in [6, 6.07) is 6.26. The Balaban J connectivity index is 2.14. The molecule has 1 aliphatic heterocycles. The summed E-state index contributed by atoms with van der Waals surface area (Å²) in [7, 11) is 2.14. The zero-order valence-corrected chi connectivity index (χ0v) is 14.4. The summed E-state index contributed by atoms with van der Waals surface area (Å²) in [4.78, 5) is 4.85. The molecule has 1 unspecified atom stereocenters. The highest BCUT2D eigenvalue weighted by molar-refractivity contribution is 6.36. The minimum absolute atomic E-state index is 0.0735. The number of nitrogens with zero attached hydrogens (tertiary/aromatic N) is 2. The SMILES string of the molecule is CCN1CCC(N(C)C(CN)c2c(Cl)cccc2Cl)CC1. The second kappa shape index (κ2) is 7.80. The van der Waals surface area contributed by atoms with E-state index in [4.69, 9.17) is 28.9 Å². The number of likely N-dealkylation sites (N-methyl/N-ethyl adjacent to an activating group) is 1. The lowest BCUT2D eigenvalue weighted by Gasteiger charge is -2.40. The van der Waals surface area contributed by atoms with Crippen LogP contribution in [-0.4, -0.2) is 49.1 Å². The molecule has 21 heavy (non-hydrogen) atoms. The smallest absolute Gasteiger partial charge is 0.0499 e. The largest absolute Gasteiger partial charge is 0.329 e. The highest BCUT2D eigenvalue weighted by Crippen LogP contribution is 2.34. The molecule has 3 nitrogen and oxygen atoms in total. The second-order valence-electron chi connectivity index (χ2n) is 5.72. The average Bonchev–Trinajstić information content (AvgIpc) is 2.50. The standard InChI is InChI=1S/C16H25Cl2N3/c1-3-21-9-7-12(8-10-21)20(2)15(11-19)16-13(17)5-4-6-14(16)18/h4-6,12,15H,3,7-11,19H2,1-2H3. The monoisotopic (exact) mass is 329 g/mol. The third kappa shape index (κ3) is 3.91. The summed E-state index contributed by atoms with van der Waals surface area (Å²) in [5.74, 6) is 0. The first-order chi connectivity index (χ1) is 10.1. The van der Waals surface area contributed by atoms with E-state index in [1.807, 2.05) is 18.2 Å². The molecular weight excluding hydrogens is 305 g/mol. The zero-order chi connectivity index (χ0) is 15.4. The molecular formula is C16H25Cl2N3. The van der Waals surface area contributed by atoms with Crippen LogP contribution in [0.3, 0.4) is 0 Å². The molecule has 0 radical (unpaired) electrons. The van der Waals surface area contributed by atoms with Crippen LogP contribution < -0.4 is 5.73 Å². The van der Waals surface area contributed by atoms with E-state index in [-0.39, 0.29) is 6.04 Å². The van der Waals surface area contributed by atoms with Crippen LogP contribution in [0, 0.1) is 0 Å². The van der Waals surface area contributed by atoms with Crippen LogP contribution >= 0.6 is 23.2 Å². The van der Waals surface area contributed by atoms with Gasteiger partial charge in [-0.05, 0) is 51.7 Å². The van der Waals surface area contributed by atoms with Crippen LogP contribution in [-0.2, 0) is 0 Å². The third-order valence-electron chi connectivity index (χ3n) is 4.63. The molecule has 1 aromatic carbocycles. The fourth-order valence-electron chi connectivity index (χ4n) is 3.21. The Kier molecular flexibility index (Phi) is 6.33. The maximum Gasteiger partial charge on any atom is 0.0499 e. The van der Waals surface area contributed by atoms with E-state index >= 15 is 0 Å². The minimum atomic E-state index is 0.0735. The third-order valence-corrected chi connectivity index (χ3v) is 5.29. The van der Waals surface area contributed by atoms with Gasteiger partial charge in [0, 0.05) is 34.2 Å². The van der Waals surface area contributed by atoms with Crippen LogP contribution in [0.5, 0.6) is 0 Å². The summed E-state index contributed by atoms with van der Waals surface area (Å²) in [6.45, 7) is 6.18. The molecule has 5 heteroatoms. The topological polar surface area (TPSA) is 32.5 Å². The van der Waals surface area contributed by atoms with E-state index in [2.05, 4.69) is 23.8 Å². The summed E-state index contributed by atoms with van der Waals surface area (Å²) in [5.41, 5.74) is 7.00. The highest BCUT2D eigenvalue weighted by atomic mass is 35.5. The number of piperidine rings is 1. The van der Waals surface area contributed by atoms with Gasteiger partial charge >= 0.3 is 0 Å². The van der Waals surface area contributed by atoms with Gasteiger partial charge in [-0.2, -0.15) is 0 Å². The highest BCUT2D eigenvalue weighted by Gasteiger charge is 2.28. The molecule has 0 spiro atoms. The molecule has 1 atom stereocenters. The molecule has 1 saturated heterocycles. The Hall–Kier alpha value is -0.320.